The first-order valence-electron chi connectivity index (χ1n) is 3.35. The van der Waals surface area contributed by atoms with Crippen LogP contribution in [0.5, 0.6) is 0 Å². The number of pyridine rings is 1. The normalized spacial score (nSPS) is 10.8. The predicted molar refractivity (Wildman–Crippen MR) is 43.1 cm³/mol. The van der Waals surface area contributed by atoms with Crippen LogP contribution in [0.3, 0.4) is 0 Å². The molecule has 2 nitrogen and oxygen atoms in total. The number of hydrogen-bond acceptors (Lipinski definition) is 2. The maximum Gasteiger partial charge on any atom is 0.266 e. The van der Waals surface area contributed by atoms with Crippen LogP contribution in [0.1, 0.15) is 17.7 Å². The highest BCUT2D eigenvalue weighted by Gasteiger charge is 2.16. The maximum atomic E-state index is 12.8. The van der Waals surface area contributed by atoms with E-state index in [0.29, 0.717) is 0 Å². The average Bonchev–Trinajstić information content (AvgIpc) is 2.09. The van der Waals surface area contributed by atoms with E-state index in [9.17, 15) is 13.2 Å². The number of nitrogens with two attached hydrogens (primary N) is 1. The molecule has 1 rings (SSSR count). The third-order valence-electron chi connectivity index (χ3n) is 1.47. The van der Waals surface area contributed by atoms with Gasteiger partial charge in [-0.25, -0.2) is 13.8 Å². The SMILES string of the molecule is Nc1c(C(F)F)cc(CCl)nc1F. The van der Waals surface area contributed by atoms with Gasteiger partial charge in [0.25, 0.3) is 6.43 Å². The molecule has 0 aliphatic carbocycles. The molecule has 2 N–H and O–H groups in total. The van der Waals surface area contributed by atoms with Crippen LogP contribution in [0.25, 0.3) is 0 Å². The summed E-state index contributed by atoms with van der Waals surface area (Å²) in [6.45, 7) is 0. The molecule has 1 heterocycles. The fraction of sp³-hybridized carbons (Fsp3) is 0.286. The van der Waals surface area contributed by atoms with Crippen molar-refractivity contribution in [3.8, 4) is 0 Å². The number of anilines is 1. The molecule has 0 spiro atoms. The average molecular weight is 211 g/mol. The Labute approximate surface area is 77.5 Å². The summed E-state index contributed by atoms with van der Waals surface area (Å²) in [4.78, 5) is 3.28. The second kappa shape index (κ2) is 3.83. The van der Waals surface area contributed by atoms with Crippen molar-refractivity contribution in [1.29, 1.82) is 0 Å². The summed E-state index contributed by atoms with van der Waals surface area (Å²) in [5.41, 5.74) is 3.90. The lowest BCUT2D eigenvalue weighted by molar-refractivity contribution is 0.151. The lowest BCUT2D eigenvalue weighted by Crippen LogP contribution is -2.03. The smallest absolute Gasteiger partial charge is 0.266 e. The van der Waals surface area contributed by atoms with Crippen molar-refractivity contribution in [1.82, 2.24) is 4.98 Å². The third-order valence-corrected chi connectivity index (χ3v) is 1.74. The number of halogens is 4. The summed E-state index contributed by atoms with van der Waals surface area (Å²) in [6, 6.07) is 0.996. The summed E-state index contributed by atoms with van der Waals surface area (Å²) in [5, 5.41) is 0. The molecule has 0 saturated heterocycles. The molecule has 6 heteroatoms. The Morgan fingerprint density at radius 1 is 1.54 bits per heavy atom. The molecule has 0 fully saturated rings. The molecular weight excluding hydrogens is 205 g/mol. The van der Waals surface area contributed by atoms with Gasteiger partial charge in [0.2, 0.25) is 5.95 Å². The van der Waals surface area contributed by atoms with E-state index in [1.807, 2.05) is 0 Å². The number of nitrogens with zero attached hydrogens (tertiary/aromatic N) is 1. The van der Waals surface area contributed by atoms with Crippen molar-refractivity contribution in [2.75, 3.05) is 5.73 Å². The van der Waals surface area contributed by atoms with E-state index in [0.717, 1.165) is 6.07 Å². The van der Waals surface area contributed by atoms with Gasteiger partial charge in [0.1, 0.15) is 0 Å². The largest absolute Gasteiger partial charge is 0.395 e. The first-order valence-corrected chi connectivity index (χ1v) is 3.88. The summed E-state index contributed by atoms with van der Waals surface area (Å²) in [5.74, 6) is -1.23. The molecule has 0 unspecified atom stereocenters. The van der Waals surface area contributed by atoms with Crippen LogP contribution in [-0.2, 0) is 5.88 Å². The Balaban J connectivity index is 3.25. The Kier molecular flexibility index (Phi) is 2.98. The van der Waals surface area contributed by atoms with Crippen LogP contribution < -0.4 is 5.73 Å². The number of aromatic nitrogens is 1. The van der Waals surface area contributed by atoms with E-state index in [4.69, 9.17) is 17.3 Å². The summed E-state index contributed by atoms with van der Waals surface area (Å²) < 4.78 is 37.2. The van der Waals surface area contributed by atoms with Gasteiger partial charge in [0.05, 0.1) is 17.3 Å². The molecule has 0 radical (unpaired) electrons. The lowest BCUT2D eigenvalue weighted by atomic mass is 10.2. The Morgan fingerprint density at radius 3 is 2.62 bits per heavy atom. The molecule has 0 saturated carbocycles. The van der Waals surface area contributed by atoms with E-state index < -0.39 is 23.6 Å². The van der Waals surface area contributed by atoms with Gasteiger partial charge in [-0.15, -0.1) is 11.6 Å². The molecule has 0 aliphatic heterocycles. The second-order valence-corrected chi connectivity index (χ2v) is 2.61. The Morgan fingerprint density at radius 2 is 2.15 bits per heavy atom. The zero-order chi connectivity index (χ0) is 10.0. The number of nitrogen functional groups attached to an aromatic ring is 1. The maximum absolute atomic E-state index is 12.8. The van der Waals surface area contributed by atoms with E-state index in [1.165, 1.54) is 0 Å². The van der Waals surface area contributed by atoms with Gasteiger partial charge in [0.15, 0.2) is 0 Å². The van der Waals surface area contributed by atoms with Gasteiger partial charge in [-0.1, -0.05) is 0 Å². The fourth-order valence-electron chi connectivity index (χ4n) is 0.844. The minimum absolute atomic E-state index is 0.0451. The molecule has 13 heavy (non-hydrogen) atoms. The number of rotatable bonds is 2. The minimum Gasteiger partial charge on any atom is -0.395 e. The van der Waals surface area contributed by atoms with Crippen LogP contribution in [0.15, 0.2) is 6.07 Å². The van der Waals surface area contributed by atoms with Crippen molar-refractivity contribution in [2.45, 2.75) is 12.3 Å². The van der Waals surface area contributed by atoms with Crippen LogP contribution in [-0.4, -0.2) is 4.98 Å². The quantitative estimate of drug-likeness (QED) is 0.602. The van der Waals surface area contributed by atoms with Crippen molar-refractivity contribution >= 4 is 17.3 Å². The van der Waals surface area contributed by atoms with Crippen LogP contribution >= 0.6 is 11.6 Å². The zero-order valence-corrected chi connectivity index (χ0v) is 7.15. The molecule has 0 aliphatic rings. The number of alkyl halides is 3. The predicted octanol–water partition coefficient (Wildman–Crippen LogP) is 2.48. The van der Waals surface area contributed by atoms with Crippen molar-refractivity contribution in [3.05, 3.63) is 23.3 Å². The lowest BCUT2D eigenvalue weighted by Gasteiger charge is -2.06. The fourth-order valence-corrected chi connectivity index (χ4v) is 0.981. The highest BCUT2D eigenvalue weighted by Crippen LogP contribution is 2.27. The molecule has 0 aromatic carbocycles. The zero-order valence-electron chi connectivity index (χ0n) is 6.40. The van der Waals surface area contributed by atoms with Gasteiger partial charge >= 0.3 is 0 Å². The van der Waals surface area contributed by atoms with E-state index in [2.05, 4.69) is 4.98 Å². The summed E-state index contributed by atoms with van der Waals surface area (Å²) in [6.07, 6.45) is -2.82. The van der Waals surface area contributed by atoms with Crippen molar-refractivity contribution in [3.63, 3.8) is 0 Å². The van der Waals surface area contributed by atoms with Crippen molar-refractivity contribution in [2.24, 2.45) is 0 Å². The molecule has 72 valence electrons. The van der Waals surface area contributed by atoms with Crippen LogP contribution in [0.4, 0.5) is 18.9 Å². The minimum atomic E-state index is -2.82. The van der Waals surface area contributed by atoms with Crippen LogP contribution in [0, 0.1) is 5.95 Å². The highest BCUT2D eigenvalue weighted by molar-refractivity contribution is 6.16. The van der Waals surface area contributed by atoms with Gasteiger partial charge in [-0.05, 0) is 6.07 Å². The van der Waals surface area contributed by atoms with E-state index in [-0.39, 0.29) is 11.6 Å². The number of hydrogen-bond donors (Lipinski definition) is 1. The topological polar surface area (TPSA) is 38.9 Å². The van der Waals surface area contributed by atoms with Gasteiger partial charge in [0, 0.05) is 5.56 Å². The third kappa shape index (κ3) is 2.03. The van der Waals surface area contributed by atoms with Gasteiger partial charge < -0.3 is 5.73 Å². The summed E-state index contributed by atoms with van der Waals surface area (Å²) >= 11 is 5.31. The van der Waals surface area contributed by atoms with Gasteiger partial charge in [-0.2, -0.15) is 4.39 Å². The van der Waals surface area contributed by atoms with E-state index >= 15 is 0 Å². The van der Waals surface area contributed by atoms with Crippen LogP contribution in [0.2, 0.25) is 0 Å². The molecule has 0 bridgehead atoms. The monoisotopic (exact) mass is 210 g/mol. The molecule has 1 aromatic heterocycles. The molecule has 1 aromatic rings. The summed E-state index contributed by atoms with van der Waals surface area (Å²) in [7, 11) is 0. The van der Waals surface area contributed by atoms with Gasteiger partial charge in [-0.3, -0.25) is 0 Å². The second-order valence-electron chi connectivity index (χ2n) is 2.34. The first-order chi connectivity index (χ1) is 6.06. The Hall–Kier alpha value is -0.970. The Bertz CT molecular complexity index is 317. The highest BCUT2D eigenvalue weighted by atomic mass is 35.5. The molecule has 0 amide bonds. The standard InChI is InChI=1S/C7H6ClF3N2/c8-2-3-1-4(6(9)10)5(12)7(11)13-3/h1,6H,2,12H2. The molecular formula is C7H6ClF3N2. The van der Waals surface area contributed by atoms with E-state index in [1.54, 1.807) is 0 Å². The first kappa shape index (κ1) is 10.1. The van der Waals surface area contributed by atoms with Crippen molar-refractivity contribution < 1.29 is 13.2 Å². The molecule has 0 atom stereocenters.